The molecule has 74 valence electrons. The molecular weight excluding hydrogens is 162 g/mol. The number of nitrogens with one attached hydrogen (secondary N) is 1. The van der Waals surface area contributed by atoms with Crippen LogP contribution in [-0.4, -0.2) is 16.3 Å². The molecule has 1 rings (SSSR count). The highest BCUT2D eigenvalue weighted by molar-refractivity contribution is 5.14. The van der Waals surface area contributed by atoms with E-state index in [4.69, 9.17) is 0 Å². The molecule has 0 aromatic carbocycles. The lowest BCUT2D eigenvalue weighted by atomic mass is 10.2. The van der Waals surface area contributed by atoms with Crippen LogP contribution in [0.2, 0.25) is 0 Å². The largest absolute Gasteiger partial charge is 0.311 e. The van der Waals surface area contributed by atoms with Gasteiger partial charge in [-0.2, -0.15) is 5.10 Å². The number of hydrogen-bond acceptors (Lipinski definition) is 2. The molecule has 0 aliphatic rings. The third-order valence-electron chi connectivity index (χ3n) is 2.27. The maximum absolute atomic E-state index is 4.19. The summed E-state index contributed by atoms with van der Waals surface area (Å²) in [5, 5.41) is 7.60. The zero-order chi connectivity index (χ0) is 9.68. The lowest BCUT2D eigenvalue weighted by Gasteiger charge is -2.05. The molecule has 0 saturated carbocycles. The van der Waals surface area contributed by atoms with Gasteiger partial charge in [-0.05, 0) is 25.5 Å². The first-order chi connectivity index (χ1) is 6.25. The molecular formula is C10H19N3. The summed E-state index contributed by atoms with van der Waals surface area (Å²) in [5.74, 6) is 0. The van der Waals surface area contributed by atoms with Crippen LogP contribution in [0.4, 0.5) is 0 Å². The molecule has 0 radical (unpaired) electrons. The molecule has 3 heteroatoms. The van der Waals surface area contributed by atoms with Gasteiger partial charge < -0.3 is 5.32 Å². The summed E-state index contributed by atoms with van der Waals surface area (Å²) < 4.78 is 1.94. The van der Waals surface area contributed by atoms with Gasteiger partial charge in [0.1, 0.15) is 0 Å². The van der Waals surface area contributed by atoms with Crippen LogP contribution in [0.3, 0.4) is 0 Å². The van der Waals surface area contributed by atoms with Gasteiger partial charge in [-0.3, -0.25) is 4.68 Å². The first-order valence-electron chi connectivity index (χ1n) is 4.94. The Labute approximate surface area is 80.1 Å². The monoisotopic (exact) mass is 181 g/mol. The maximum atomic E-state index is 4.19. The summed E-state index contributed by atoms with van der Waals surface area (Å²) in [5.41, 5.74) is 2.56. The number of aryl methyl sites for hydroxylation is 2. The van der Waals surface area contributed by atoms with Crippen molar-refractivity contribution < 1.29 is 0 Å². The first-order valence-corrected chi connectivity index (χ1v) is 4.94. The van der Waals surface area contributed by atoms with Crippen LogP contribution in [-0.2, 0) is 13.6 Å². The van der Waals surface area contributed by atoms with Crippen molar-refractivity contribution >= 4 is 0 Å². The van der Waals surface area contributed by atoms with E-state index in [-0.39, 0.29) is 0 Å². The summed E-state index contributed by atoms with van der Waals surface area (Å²) in [4.78, 5) is 0. The van der Waals surface area contributed by atoms with Gasteiger partial charge in [0.2, 0.25) is 0 Å². The van der Waals surface area contributed by atoms with E-state index in [2.05, 4.69) is 24.3 Å². The quantitative estimate of drug-likeness (QED) is 0.699. The summed E-state index contributed by atoms with van der Waals surface area (Å²) in [6.45, 7) is 6.34. The second-order valence-corrected chi connectivity index (χ2v) is 3.43. The second kappa shape index (κ2) is 5.02. The lowest BCUT2D eigenvalue weighted by Crippen LogP contribution is -2.17. The highest BCUT2D eigenvalue weighted by atomic mass is 15.3. The smallest absolute Gasteiger partial charge is 0.0547 e. The molecule has 1 heterocycles. The molecule has 0 unspecified atom stereocenters. The van der Waals surface area contributed by atoms with Gasteiger partial charge in [0.05, 0.1) is 11.9 Å². The van der Waals surface area contributed by atoms with Gasteiger partial charge in [0, 0.05) is 13.6 Å². The van der Waals surface area contributed by atoms with Crippen LogP contribution < -0.4 is 5.32 Å². The van der Waals surface area contributed by atoms with E-state index in [1.165, 1.54) is 24.1 Å². The molecule has 0 spiro atoms. The maximum Gasteiger partial charge on any atom is 0.0547 e. The second-order valence-electron chi connectivity index (χ2n) is 3.43. The van der Waals surface area contributed by atoms with Gasteiger partial charge in [-0.15, -0.1) is 0 Å². The van der Waals surface area contributed by atoms with Gasteiger partial charge in [-0.1, -0.05) is 13.3 Å². The lowest BCUT2D eigenvalue weighted by molar-refractivity contribution is 0.601. The Morgan fingerprint density at radius 3 is 2.85 bits per heavy atom. The minimum Gasteiger partial charge on any atom is -0.311 e. The molecule has 0 aliphatic heterocycles. The standard InChI is InChI=1S/C10H19N3/c1-4-5-6-11-8-10-9(2)7-12-13(10)3/h7,11H,4-6,8H2,1-3H3. The zero-order valence-electron chi connectivity index (χ0n) is 8.80. The van der Waals surface area contributed by atoms with Crippen LogP contribution in [0.15, 0.2) is 6.20 Å². The Hall–Kier alpha value is -0.830. The zero-order valence-corrected chi connectivity index (χ0v) is 8.80. The van der Waals surface area contributed by atoms with Crippen LogP contribution >= 0.6 is 0 Å². The normalized spacial score (nSPS) is 10.7. The van der Waals surface area contributed by atoms with E-state index in [1.54, 1.807) is 0 Å². The number of nitrogens with zero attached hydrogens (tertiary/aromatic N) is 2. The molecule has 1 aromatic rings. The first kappa shape index (κ1) is 10.3. The third kappa shape index (κ3) is 2.84. The average Bonchev–Trinajstić information content (AvgIpc) is 2.42. The van der Waals surface area contributed by atoms with Crippen LogP contribution in [0.5, 0.6) is 0 Å². The van der Waals surface area contributed by atoms with Crippen LogP contribution in [0.25, 0.3) is 0 Å². The topological polar surface area (TPSA) is 29.9 Å². The highest BCUT2D eigenvalue weighted by Crippen LogP contribution is 2.04. The molecule has 3 nitrogen and oxygen atoms in total. The van der Waals surface area contributed by atoms with Gasteiger partial charge >= 0.3 is 0 Å². The fraction of sp³-hybridized carbons (Fsp3) is 0.700. The molecule has 0 bridgehead atoms. The van der Waals surface area contributed by atoms with E-state index in [1.807, 2.05) is 17.9 Å². The molecule has 1 aromatic heterocycles. The molecule has 0 aliphatic carbocycles. The molecule has 0 saturated heterocycles. The van der Waals surface area contributed by atoms with Crippen molar-refractivity contribution in [2.24, 2.45) is 7.05 Å². The predicted molar refractivity (Wildman–Crippen MR) is 54.6 cm³/mol. The van der Waals surface area contributed by atoms with Crippen molar-refractivity contribution in [2.75, 3.05) is 6.54 Å². The number of rotatable bonds is 5. The number of aromatic nitrogens is 2. The Bertz CT molecular complexity index is 233. The summed E-state index contributed by atoms with van der Waals surface area (Å²) in [7, 11) is 1.99. The number of unbranched alkanes of at least 4 members (excludes halogenated alkanes) is 1. The fourth-order valence-electron chi connectivity index (χ4n) is 1.34. The molecule has 0 fully saturated rings. The van der Waals surface area contributed by atoms with Crippen molar-refractivity contribution in [2.45, 2.75) is 33.2 Å². The van der Waals surface area contributed by atoms with Crippen LogP contribution in [0.1, 0.15) is 31.0 Å². The number of hydrogen-bond donors (Lipinski definition) is 1. The minimum atomic E-state index is 0.933. The minimum absolute atomic E-state index is 0.933. The average molecular weight is 181 g/mol. The van der Waals surface area contributed by atoms with Gasteiger partial charge in [-0.25, -0.2) is 0 Å². The predicted octanol–water partition coefficient (Wildman–Crippen LogP) is 1.62. The molecule has 0 amide bonds. The van der Waals surface area contributed by atoms with E-state index >= 15 is 0 Å². The van der Waals surface area contributed by atoms with Gasteiger partial charge in [0.15, 0.2) is 0 Å². The van der Waals surface area contributed by atoms with Crippen molar-refractivity contribution in [1.82, 2.24) is 15.1 Å². The molecule has 0 atom stereocenters. The van der Waals surface area contributed by atoms with E-state index in [0.717, 1.165) is 13.1 Å². The molecule has 13 heavy (non-hydrogen) atoms. The van der Waals surface area contributed by atoms with E-state index in [0.29, 0.717) is 0 Å². The highest BCUT2D eigenvalue weighted by Gasteiger charge is 2.02. The van der Waals surface area contributed by atoms with E-state index in [9.17, 15) is 0 Å². The summed E-state index contributed by atoms with van der Waals surface area (Å²) in [6, 6.07) is 0. The van der Waals surface area contributed by atoms with Crippen molar-refractivity contribution in [3.63, 3.8) is 0 Å². The third-order valence-corrected chi connectivity index (χ3v) is 2.27. The molecule has 1 N–H and O–H groups in total. The van der Waals surface area contributed by atoms with Crippen molar-refractivity contribution in [1.29, 1.82) is 0 Å². The van der Waals surface area contributed by atoms with E-state index < -0.39 is 0 Å². The van der Waals surface area contributed by atoms with Crippen LogP contribution in [0, 0.1) is 6.92 Å². The fourth-order valence-corrected chi connectivity index (χ4v) is 1.34. The van der Waals surface area contributed by atoms with Gasteiger partial charge in [0.25, 0.3) is 0 Å². The SMILES string of the molecule is CCCCNCc1c(C)cnn1C. The summed E-state index contributed by atoms with van der Waals surface area (Å²) >= 11 is 0. The Morgan fingerprint density at radius 1 is 1.54 bits per heavy atom. The summed E-state index contributed by atoms with van der Waals surface area (Å²) in [6.07, 6.45) is 4.41. The Kier molecular flexibility index (Phi) is 3.96. The van der Waals surface area contributed by atoms with Crippen molar-refractivity contribution in [3.8, 4) is 0 Å². The Morgan fingerprint density at radius 2 is 2.31 bits per heavy atom. The Balaban J connectivity index is 2.36. The van der Waals surface area contributed by atoms with Crippen molar-refractivity contribution in [3.05, 3.63) is 17.5 Å².